The number of hydrogen-bond donors (Lipinski definition) is 1. The second kappa shape index (κ2) is 6.25. The van der Waals surface area contributed by atoms with Gasteiger partial charge in [-0.2, -0.15) is 0 Å². The molecule has 1 aliphatic heterocycles. The van der Waals surface area contributed by atoms with Crippen LogP contribution in [0.4, 0.5) is 8.78 Å². The van der Waals surface area contributed by atoms with E-state index in [1.807, 2.05) is 0 Å². The highest BCUT2D eigenvalue weighted by atomic mass is 19.1. The van der Waals surface area contributed by atoms with Gasteiger partial charge in [0.05, 0.1) is 0 Å². The Morgan fingerprint density at radius 1 is 1.22 bits per heavy atom. The van der Waals surface area contributed by atoms with Crippen LogP contribution >= 0.6 is 0 Å². The van der Waals surface area contributed by atoms with Gasteiger partial charge < -0.3 is 5.73 Å². The van der Waals surface area contributed by atoms with Crippen LogP contribution in [0.15, 0.2) is 18.2 Å². The van der Waals surface area contributed by atoms with E-state index in [0.29, 0.717) is 24.7 Å². The Hall–Kier alpha value is -1.00. The largest absolute Gasteiger partial charge is 0.329 e. The van der Waals surface area contributed by atoms with E-state index in [-0.39, 0.29) is 0 Å². The molecule has 0 aromatic heterocycles. The lowest BCUT2D eigenvalue weighted by atomic mass is 10.1. The molecule has 0 aliphatic carbocycles. The van der Waals surface area contributed by atoms with Gasteiger partial charge in [0.2, 0.25) is 0 Å². The summed E-state index contributed by atoms with van der Waals surface area (Å²) in [4.78, 5) is 2.23. The Labute approximate surface area is 107 Å². The van der Waals surface area contributed by atoms with Gasteiger partial charge in [-0.1, -0.05) is 18.9 Å². The van der Waals surface area contributed by atoms with Gasteiger partial charge in [-0.15, -0.1) is 0 Å². The lowest BCUT2D eigenvalue weighted by Crippen LogP contribution is -2.39. The number of likely N-dealkylation sites (tertiary alicyclic amines) is 1. The SMILES string of the molecule is NCC1CCCCCN1Cc1ccc(F)cc1F. The van der Waals surface area contributed by atoms with Crippen LogP contribution in [0.25, 0.3) is 0 Å². The van der Waals surface area contributed by atoms with Crippen molar-refractivity contribution in [2.45, 2.75) is 38.3 Å². The first-order chi connectivity index (χ1) is 8.70. The third kappa shape index (κ3) is 3.27. The van der Waals surface area contributed by atoms with E-state index in [2.05, 4.69) is 4.90 Å². The van der Waals surface area contributed by atoms with Crippen molar-refractivity contribution in [2.75, 3.05) is 13.1 Å². The molecular formula is C14H20F2N2. The molecule has 0 bridgehead atoms. The molecule has 0 radical (unpaired) electrons. The maximum Gasteiger partial charge on any atom is 0.130 e. The normalized spacial score (nSPS) is 21.8. The number of halogens is 2. The predicted molar refractivity (Wildman–Crippen MR) is 68.1 cm³/mol. The van der Waals surface area contributed by atoms with Crippen LogP contribution in [-0.2, 0) is 6.54 Å². The Balaban J connectivity index is 2.10. The van der Waals surface area contributed by atoms with Crippen LogP contribution in [0.5, 0.6) is 0 Å². The molecule has 1 unspecified atom stereocenters. The quantitative estimate of drug-likeness (QED) is 0.898. The molecule has 2 rings (SSSR count). The van der Waals surface area contributed by atoms with E-state index < -0.39 is 11.6 Å². The van der Waals surface area contributed by atoms with Gasteiger partial charge in [-0.05, 0) is 25.5 Å². The summed E-state index contributed by atoms with van der Waals surface area (Å²) < 4.78 is 26.5. The Kier molecular flexibility index (Phi) is 4.66. The maximum atomic E-state index is 13.6. The second-order valence-electron chi connectivity index (χ2n) is 4.95. The van der Waals surface area contributed by atoms with Crippen LogP contribution in [0, 0.1) is 11.6 Å². The molecule has 0 spiro atoms. The summed E-state index contributed by atoms with van der Waals surface area (Å²) >= 11 is 0. The average molecular weight is 254 g/mol. The van der Waals surface area contributed by atoms with E-state index >= 15 is 0 Å². The van der Waals surface area contributed by atoms with Crippen LogP contribution in [0.3, 0.4) is 0 Å². The smallest absolute Gasteiger partial charge is 0.130 e. The van der Waals surface area contributed by atoms with Crippen molar-refractivity contribution < 1.29 is 8.78 Å². The van der Waals surface area contributed by atoms with Crippen molar-refractivity contribution in [1.82, 2.24) is 4.90 Å². The van der Waals surface area contributed by atoms with Crippen LogP contribution in [0.1, 0.15) is 31.2 Å². The van der Waals surface area contributed by atoms with E-state index in [9.17, 15) is 8.78 Å². The topological polar surface area (TPSA) is 29.3 Å². The summed E-state index contributed by atoms with van der Waals surface area (Å²) in [5, 5.41) is 0. The molecule has 1 aromatic rings. The molecule has 1 heterocycles. The summed E-state index contributed by atoms with van der Waals surface area (Å²) in [6, 6.07) is 4.11. The van der Waals surface area contributed by atoms with Gasteiger partial charge in [0.1, 0.15) is 11.6 Å². The minimum atomic E-state index is -0.525. The molecular weight excluding hydrogens is 234 g/mol. The second-order valence-corrected chi connectivity index (χ2v) is 4.95. The first kappa shape index (κ1) is 13.4. The number of nitrogens with zero attached hydrogens (tertiary/aromatic N) is 1. The number of nitrogens with two attached hydrogens (primary N) is 1. The minimum Gasteiger partial charge on any atom is -0.329 e. The first-order valence-corrected chi connectivity index (χ1v) is 6.58. The molecule has 2 N–H and O–H groups in total. The molecule has 1 fully saturated rings. The fourth-order valence-electron chi connectivity index (χ4n) is 2.58. The van der Waals surface area contributed by atoms with Crippen molar-refractivity contribution in [3.8, 4) is 0 Å². The molecule has 1 aromatic carbocycles. The van der Waals surface area contributed by atoms with Gasteiger partial charge in [0, 0.05) is 30.8 Å². The minimum absolute atomic E-state index is 0.317. The molecule has 0 amide bonds. The molecule has 0 saturated carbocycles. The van der Waals surface area contributed by atoms with Crippen LogP contribution in [0.2, 0.25) is 0 Å². The van der Waals surface area contributed by atoms with E-state index in [4.69, 9.17) is 5.73 Å². The van der Waals surface area contributed by atoms with Crippen molar-refractivity contribution in [3.05, 3.63) is 35.4 Å². The third-order valence-electron chi connectivity index (χ3n) is 3.66. The highest BCUT2D eigenvalue weighted by molar-refractivity contribution is 5.18. The van der Waals surface area contributed by atoms with Crippen molar-refractivity contribution in [2.24, 2.45) is 5.73 Å². The van der Waals surface area contributed by atoms with Gasteiger partial charge in [-0.25, -0.2) is 8.78 Å². The summed E-state index contributed by atoms with van der Waals surface area (Å²) in [5.41, 5.74) is 6.34. The van der Waals surface area contributed by atoms with Gasteiger partial charge in [0.25, 0.3) is 0 Å². The highest BCUT2D eigenvalue weighted by Gasteiger charge is 2.20. The Morgan fingerprint density at radius 2 is 2.06 bits per heavy atom. The number of benzene rings is 1. The Bertz CT molecular complexity index is 395. The van der Waals surface area contributed by atoms with Gasteiger partial charge in [0.15, 0.2) is 0 Å². The zero-order valence-electron chi connectivity index (χ0n) is 10.5. The Morgan fingerprint density at radius 3 is 2.78 bits per heavy atom. The highest BCUT2D eigenvalue weighted by Crippen LogP contribution is 2.20. The monoisotopic (exact) mass is 254 g/mol. The average Bonchev–Trinajstić information content (AvgIpc) is 2.57. The van der Waals surface area contributed by atoms with Crippen molar-refractivity contribution in [1.29, 1.82) is 0 Å². The molecule has 18 heavy (non-hydrogen) atoms. The van der Waals surface area contributed by atoms with Crippen LogP contribution < -0.4 is 5.73 Å². The summed E-state index contributed by atoms with van der Waals surface area (Å²) in [7, 11) is 0. The molecule has 1 atom stereocenters. The van der Waals surface area contributed by atoms with E-state index in [0.717, 1.165) is 25.5 Å². The summed E-state index contributed by atoms with van der Waals surface area (Å²) in [6.45, 7) is 2.06. The molecule has 2 nitrogen and oxygen atoms in total. The summed E-state index contributed by atoms with van der Waals surface area (Å²) in [5.74, 6) is -0.988. The molecule has 1 aliphatic rings. The number of hydrogen-bond acceptors (Lipinski definition) is 2. The van der Waals surface area contributed by atoms with Gasteiger partial charge in [-0.3, -0.25) is 4.90 Å². The zero-order valence-corrected chi connectivity index (χ0v) is 10.5. The standard InChI is InChI=1S/C14H20F2N2/c15-12-6-5-11(14(16)8-12)10-18-7-3-1-2-4-13(18)9-17/h5-6,8,13H,1-4,7,9-10,17H2. The maximum absolute atomic E-state index is 13.6. The van der Waals surface area contributed by atoms with Gasteiger partial charge >= 0.3 is 0 Å². The fraction of sp³-hybridized carbons (Fsp3) is 0.571. The predicted octanol–water partition coefficient (Wildman–Crippen LogP) is 2.67. The lowest BCUT2D eigenvalue weighted by Gasteiger charge is -2.29. The zero-order chi connectivity index (χ0) is 13.0. The molecule has 100 valence electrons. The number of rotatable bonds is 3. The third-order valence-corrected chi connectivity index (χ3v) is 3.66. The summed E-state index contributed by atoms with van der Waals surface area (Å²) in [6.07, 6.45) is 4.59. The van der Waals surface area contributed by atoms with Crippen molar-refractivity contribution in [3.63, 3.8) is 0 Å². The lowest BCUT2D eigenvalue weighted by molar-refractivity contribution is 0.193. The van der Waals surface area contributed by atoms with E-state index in [1.54, 1.807) is 0 Å². The van der Waals surface area contributed by atoms with Crippen LogP contribution in [-0.4, -0.2) is 24.0 Å². The fourth-order valence-corrected chi connectivity index (χ4v) is 2.58. The van der Waals surface area contributed by atoms with E-state index in [1.165, 1.54) is 25.0 Å². The van der Waals surface area contributed by atoms with Crippen molar-refractivity contribution >= 4 is 0 Å². The first-order valence-electron chi connectivity index (χ1n) is 6.58. The molecule has 1 saturated heterocycles. The molecule has 4 heteroatoms.